The van der Waals surface area contributed by atoms with Crippen molar-refractivity contribution in [3.8, 4) is 17.2 Å². The fourth-order valence-corrected chi connectivity index (χ4v) is 4.60. The molecule has 0 aliphatic carbocycles. The second-order valence-corrected chi connectivity index (χ2v) is 9.39. The van der Waals surface area contributed by atoms with Gasteiger partial charge in [-0.1, -0.05) is 11.2 Å². The largest absolute Gasteiger partial charge is 0.416 e. The van der Waals surface area contributed by atoms with Gasteiger partial charge in [-0.25, -0.2) is 0 Å². The molecule has 11 heteroatoms. The van der Waals surface area contributed by atoms with Crippen molar-refractivity contribution in [1.29, 1.82) is 5.26 Å². The Morgan fingerprint density at radius 2 is 1.95 bits per heavy atom. The van der Waals surface area contributed by atoms with E-state index in [2.05, 4.69) is 31.6 Å². The fourth-order valence-electron chi connectivity index (χ4n) is 4.60. The minimum Gasteiger partial charge on any atom is -0.375 e. The van der Waals surface area contributed by atoms with Crippen molar-refractivity contribution in [1.82, 2.24) is 20.7 Å². The van der Waals surface area contributed by atoms with Crippen LogP contribution in [0, 0.1) is 11.3 Å². The van der Waals surface area contributed by atoms with E-state index in [0.29, 0.717) is 30.8 Å². The maximum absolute atomic E-state index is 13.1. The van der Waals surface area contributed by atoms with Crippen molar-refractivity contribution in [2.45, 2.75) is 38.1 Å². The Balaban J connectivity index is 1.04. The van der Waals surface area contributed by atoms with E-state index in [-0.39, 0.29) is 12.5 Å². The monoisotopic (exact) mass is 524 g/mol. The Bertz CT molecular complexity index is 1400. The lowest BCUT2D eigenvalue weighted by atomic mass is 10.0. The van der Waals surface area contributed by atoms with Gasteiger partial charge in [-0.3, -0.25) is 5.10 Å². The molecule has 1 aliphatic rings. The molecule has 0 saturated carbocycles. The molecule has 5 rings (SSSR count). The molecule has 0 unspecified atom stereocenters. The number of anilines is 1. The Hall–Kier alpha value is -3.88. The van der Waals surface area contributed by atoms with E-state index >= 15 is 0 Å². The molecule has 1 saturated heterocycles. The maximum atomic E-state index is 13.1. The van der Waals surface area contributed by atoms with E-state index in [1.165, 1.54) is 0 Å². The van der Waals surface area contributed by atoms with Crippen LogP contribution in [-0.2, 0) is 23.9 Å². The van der Waals surface area contributed by atoms with Crippen LogP contribution in [-0.4, -0.2) is 47.7 Å². The first kappa shape index (κ1) is 25.8. The Labute approximate surface area is 217 Å². The van der Waals surface area contributed by atoms with Gasteiger partial charge in [0, 0.05) is 42.9 Å². The lowest BCUT2D eigenvalue weighted by molar-refractivity contribution is -0.137. The van der Waals surface area contributed by atoms with Crippen LogP contribution in [0.4, 0.5) is 18.9 Å². The van der Waals surface area contributed by atoms with Crippen LogP contribution in [0.3, 0.4) is 0 Å². The summed E-state index contributed by atoms with van der Waals surface area (Å²) in [5, 5.41) is 24.1. The van der Waals surface area contributed by atoms with Gasteiger partial charge in [0.05, 0.1) is 42.1 Å². The summed E-state index contributed by atoms with van der Waals surface area (Å²) in [7, 11) is 0. The van der Waals surface area contributed by atoms with Crippen LogP contribution in [0.2, 0.25) is 0 Å². The number of benzene rings is 2. The third-order valence-corrected chi connectivity index (χ3v) is 6.58. The molecule has 1 fully saturated rings. The molecule has 0 spiro atoms. The average Bonchev–Trinajstić information content (AvgIpc) is 3.56. The van der Waals surface area contributed by atoms with Gasteiger partial charge in [-0.15, -0.1) is 0 Å². The number of alkyl halides is 3. The van der Waals surface area contributed by atoms with Crippen LogP contribution in [0.15, 0.2) is 53.5 Å². The summed E-state index contributed by atoms with van der Waals surface area (Å²) < 4.78 is 50.4. The molecule has 8 nitrogen and oxygen atoms in total. The first-order valence-electron chi connectivity index (χ1n) is 12.4. The number of aromatic nitrogens is 3. The molecular weight excluding hydrogens is 497 g/mol. The summed E-state index contributed by atoms with van der Waals surface area (Å²) in [6.45, 7) is 3.17. The van der Waals surface area contributed by atoms with Gasteiger partial charge >= 0.3 is 6.18 Å². The summed E-state index contributed by atoms with van der Waals surface area (Å²) in [4.78, 5) is 2.26. The minimum absolute atomic E-state index is 0.0485. The summed E-state index contributed by atoms with van der Waals surface area (Å²) in [6, 6.07) is 9.87. The number of H-pyrrole nitrogens is 1. The van der Waals surface area contributed by atoms with E-state index in [1.54, 1.807) is 18.5 Å². The molecule has 0 bridgehead atoms. The highest BCUT2D eigenvalue weighted by Crippen LogP contribution is 2.35. The number of aromatic amines is 1. The summed E-state index contributed by atoms with van der Waals surface area (Å²) in [6.07, 6.45) is 2.48. The van der Waals surface area contributed by atoms with Crippen LogP contribution < -0.4 is 10.2 Å². The second-order valence-electron chi connectivity index (χ2n) is 9.39. The fraction of sp³-hybridized carbons (Fsp3) is 0.370. The van der Waals surface area contributed by atoms with Gasteiger partial charge in [0.25, 0.3) is 0 Å². The summed E-state index contributed by atoms with van der Waals surface area (Å²) in [5.41, 5.74) is 4.12. The number of unbranched alkanes of at least 4 members (excludes halogenated alkanes) is 1. The zero-order valence-corrected chi connectivity index (χ0v) is 20.6. The van der Waals surface area contributed by atoms with Crippen molar-refractivity contribution in [2.75, 3.05) is 31.1 Å². The highest BCUT2D eigenvalue weighted by molar-refractivity contribution is 5.96. The van der Waals surface area contributed by atoms with Gasteiger partial charge in [0.15, 0.2) is 0 Å². The molecule has 3 heterocycles. The van der Waals surface area contributed by atoms with Gasteiger partial charge < -0.3 is 19.5 Å². The third-order valence-electron chi connectivity index (χ3n) is 6.58. The first-order chi connectivity index (χ1) is 18.4. The van der Waals surface area contributed by atoms with Gasteiger partial charge in [-0.05, 0) is 60.3 Å². The molecule has 0 amide bonds. The van der Waals surface area contributed by atoms with Gasteiger partial charge in [0.2, 0.25) is 0 Å². The Morgan fingerprint density at radius 1 is 1.11 bits per heavy atom. The molecule has 0 radical (unpaired) electrons. The predicted octanol–water partition coefficient (Wildman–Crippen LogP) is 5.08. The Morgan fingerprint density at radius 3 is 2.71 bits per heavy atom. The lowest BCUT2D eigenvalue weighted by Crippen LogP contribution is -2.52. The quantitative estimate of drug-likeness (QED) is 0.264. The lowest BCUT2D eigenvalue weighted by Gasteiger charge is -2.41. The number of nitrogens with zero attached hydrogens (tertiary/aromatic N) is 4. The molecule has 0 atom stereocenters. The zero-order chi connectivity index (χ0) is 26.5. The Kier molecular flexibility index (Phi) is 7.62. The molecule has 198 valence electrons. The number of ether oxygens (including phenoxy) is 1. The number of halogens is 3. The van der Waals surface area contributed by atoms with E-state index in [1.807, 2.05) is 18.3 Å². The standard InChI is InChI=1S/C27H27F3N6O2/c28-27(29,30)22-8-18(3-4-31)7-19(9-22)12-32-5-1-2-6-37-23-15-36(16-23)26-11-20(21-13-34-38-17-21)10-25-24(26)14-33-35-25/h7-11,13-14,17,23,32H,1-3,5-6,12,15-16H2,(H,33,35). The van der Waals surface area contributed by atoms with Crippen molar-refractivity contribution in [3.05, 3.63) is 65.7 Å². The molecular formula is C27H27F3N6O2. The molecule has 2 aromatic heterocycles. The van der Waals surface area contributed by atoms with E-state index < -0.39 is 11.7 Å². The van der Waals surface area contributed by atoms with Crippen LogP contribution in [0.5, 0.6) is 0 Å². The topological polar surface area (TPSA) is 103 Å². The van der Waals surface area contributed by atoms with E-state index in [0.717, 1.165) is 65.8 Å². The number of hydrogen-bond donors (Lipinski definition) is 2. The van der Waals surface area contributed by atoms with E-state index in [9.17, 15) is 13.2 Å². The number of fused-ring (bicyclic) bond motifs is 1. The normalized spacial score (nSPS) is 14.1. The number of nitrogens with one attached hydrogen (secondary N) is 2. The van der Waals surface area contributed by atoms with Gasteiger partial charge in [0.1, 0.15) is 6.26 Å². The van der Waals surface area contributed by atoms with Crippen LogP contribution >= 0.6 is 0 Å². The van der Waals surface area contributed by atoms with Crippen molar-refractivity contribution >= 4 is 16.6 Å². The predicted molar refractivity (Wildman–Crippen MR) is 135 cm³/mol. The zero-order valence-electron chi connectivity index (χ0n) is 20.6. The maximum Gasteiger partial charge on any atom is 0.416 e. The van der Waals surface area contributed by atoms with Gasteiger partial charge in [-0.2, -0.15) is 23.5 Å². The first-order valence-corrected chi connectivity index (χ1v) is 12.4. The molecule has 1 aliphatic heterocycles. The number of rotatable bonds is 11. The van der Waals surface area contributed by atoms with Crippen molar-refractivity contribution < 1.29 is 22.4 Å². The number of hydrogen-bond acceptors (Lipinski definition) is 7. The average molecular weight is 525 g/mol. The highest BCUT2D eigenvalue weighted by atomic mass is 19.4. The molecule has 38 heavy (non-hydrogen) atoms. The molecule has 2 N–H and O–H groups in total. The van der Waals surface area contributed by atoms with Crippen LogP contribution in [0.25, 0.3) is 22.0 Å². The highest BCUT2D eigenvalue weighted by Gasteiger charge is 2.31. The SMILES string of the molecule is N#CCc1cc(CNCCCCOC2CN(c3cc(-c4cnoc4)cc4[nH]ncc34)C2)cc(C(F)(F)F)c1. The molecule has 2 aromatic carbocycles. The molecule has 4 aromatic rings. The summed E-state index contributed by atoms with van der Waals surface area (Å²) in [5.74, 6) is 0. The van der Waals surface area contributed by atoms with Crippen molar-refractivity contribution in [3.63, 3.8) is 0 Å². The number of nitriles is 1. The van der Waals surface area contributed by atoms with Crippen LogP contribution in [0.1, 0.15) is 29.5 Å². The van der Waals surface area contributed by atoms with Crippen molar-refractivity contribution in [2.24, 2.45) is 0 Å². The minimum atomic E-state index is -4.43. The van der Waals surface area contributed by atoms with E-state index in [4.69, 9.17) is 14.5 Å². The second kappa shape index (κ2) is 11.2. The third kappa shape index (κ3) is 5.98. The smallest absolute Gasteiger partial charge is 0.375 e. The summed E-state index contributed by atoms with van der Waals surface area (Å²) >= 11 is 0.